The molecule has 0 bridgehead atoms. The van der Waals surface area contributed by atoms with Crippen LogP contribution in [0, 0.1) is 0 Å². The normalized spacial score (nSPS) is 19.8. The molecule has 1 aliphatic rings. The van der Waals surface area contributed by atoms with E-state index in [4.69, 9.17) is 9.47 Å². The average Bonchev–Trinajstić information content (AvgIpc) is 2.83. The highest BCUT2D eigenvalue weighted by atomic mass is 19.4. The summed E-state index contributed by atoms with van der Waals surface area (Å²) in [5.74, 6) is 0.468. The zero-order chi connectivity index (χ0) is 15.5. The van der Waals surface area contributed by atoms with Crippen molar-refractivity contribution in [3.8, 4) is 11.5 Å². The molecule has 0 radical (unpaired) electrons. The van der Waals surface area contributed by atoms with Crippen LogP contribution in [-0.2, 0) is 6.18 Å². The molecule has 0 saturated carbocycles. The van der Waals surface area contributed by atoms with Crippen molar-refractivity contribution in [1.82, 2.24) is 4.90 Å². The first-order valence-electron chi connectivity index (χ1n) is 7.00. The molecule has 1 fully saturated rings. The zero-order valence-electron chi connectivity index (χ0n) is 12.2. The van der Waals surface area contributed by atoms with Crippen LogP contribution in [0.15, 0.2) is 18.2 Å². The first-order chi connectivity index (χ1) is 9.91. The van der Waals surface area contributed by atoms with Gasteiger partial charge in [-0.1, -0.05) is 0 Å². The van der Waals surface area contributed by atoms with Gasteiger partial charge >= 0.3 is 6.18 Å². The highest BCUT2D eigenvalue weighted by molar-refractivity contribution is 5.43. The fourth-order valence-electron chi connectivity index (χ4n) is 2.61. The fourth-order valence-corrected chi connectivity index (χ4v) is 2.61. The zero-order valence-corrected chi connectivity index (χ0v) is 12.2. The summed E-state index contributed by atoms with van der Waals surface area (Å²) in [4.78, 5) is 2.26. The number of likely N-dealkylation sites (tertiary alicyclic amines) is 1. The molecule has 0 aromatic heterocycles. The topological polar surface area (TPSA) is 21.7 Å². The third-order valence-electron chi connectivity index (χ3n) is 3.87. The van der Waals surface area contributed by atoms with Gasteiger partial charge in [0.2, 0.25) is 0 Å². The Bertz CT molecular complexity index is 476. The minimum absolute atomic E-state index is 0.146. The van der Waals surface area contributed by atoms with E-state index in [-0.39, 0.29) is 5.75 Å². The van der Waals surface area contributed by atoms with Crippen molar-refractivity contribution in [2.24, 2.45) is 0 Å². The van der Waals surface area contributed by atoms with Gasteiger partial charge in [-0.25, -0.2) is 0 Å². The van der Waals surface area contributed by atoms with Crippen molar-refractivity contribution in [3.63, 3.8) is 0 Å². The Balaban J connectivity index is 2.00. The smallest absolute Gasteiger partial charge is 0.416 e. The van der Waals surface area contributed by atoms with Gasteiger partial charge in [0.05, 0.1) is 19.3 Å². The maximum atomic E-state index is 12.7. The van der Waals surface area contributed by atoms with E-state index < -0.39 is 11.7 Å². The highest BCUT2D eigenvalue weighted by Gasteiger charge is 2.31. The molecular weight excluding hydrogens is 283 g/mol. The molecule has 3 nitrogen and oxygen atoms in total. The van der Waals surface area contributed by atoms with E-state index in [2.05, 4.69) is 11.9 Å². The van der Waals surface area contributed by atoms with Gasteiger partial charge in [-0.05, 0) is 51.1 Å². The molecule has 1 aromatic rings. The number of hydrogen-bond donors (Lipinski definition) is 0. The first kappa shape index (κ1) is 15.9. The third-order valence-corrected chi connectivity index (χ3v) is 3.87. The summed E-state index contributed by atoms with van der Waals surface area (Å²) in [6.45, 7) is 1.45. The quantitative estimate of drug-likeness (QED) is 0.830. The van der Waals surface area contributed by atoms with Gasteiger partial charge in [0.1, 0.15) is 0 Å². The Labute approximate surface area is 122 Å². The number of ether oxygens (including phenoxy) is 2. The Kier molecular flexibility index (Phi) is 4.98. The minimum atomic E-state index is -4.38. The molecule has 0 N–H and O–H groups in total. The Morgan fingerprint density at radius 2 is 2.05 bits per heavy atom. The van der Waals surface area contributed by atoms with E-state index >= 15 is 0 Å². The van der Waals surface area contributed by atoms with Crippen LogP contribution in [-0.4, -0.2) is 38.3 Å². The summed E-state index contributed by atoms with van der Waals surface area (Å²) in [7, 11) is 3.47. The SMILES string of the molecule is COc1ccc(C(F)(F)F)cc1OCCC1CCCN1C. The van der Waals surface area contributed by atoms with Crippen LogP contribution in [0.1, 0.15) is 24.8 Å². The van der Waals surface area contributed by atoms with Crippen molar-refractivity contribution >= 4 is 0 Å². The van der Waals surface area contributed by atoms with E-state index in [9.17, 15) is 13.2 Å². The number of nitrogens with zero attached hydrogens (tertiary/aromatic N) is 1. The molecule has 1 aliphatic heterocycles. The average molecular weight is 303 g/mol. The minimum Gasteiger partial charge on any atom is -0.493 e. The van der Waals surface area contributed by atoms with Crippen LogP contribution in [0.3, 0.4) is 0 Å². The van der Waals surface area contributed by atoms with Crippen molar-refractivity contribution in [3.05, 3.63) is 23.8 Å². The summed E-state index contributed by atoms with van der Waals surface area (Å²) in [6, 6.07) is 3.73. The Hall–Kier alpha value is -1.43. The monoisotopic (exact) mass is 303 g/mol. The molecular formula is C15H20F3NO2. The lowest BCUT2D eigenvalue weighted by Gasteiger charge is -2.20. The van der Waals surface area contributed by atoms with E-state index in [0.29, 0.717) is 18.4 Å². The van der Waals surface area contributed by atoms with Crippen molar-refractivity contribution < 1.29 is 22.6 Å². The highest BCUT2D eigenvalue weighted by Crippen LogP contribution is 2.36. The van der Waals surface area contributed by atoms with Crippen LogP contribution in [0.2, 0.25) is 0 Å². The van der Waals surface area contributed by atoms with Crippen LogP contribution in [0.25, 0.3) is 0 Å². The largest absolute Gasteiger partial charge is 0.493 e. The lowest BCUT2D eigenvalue weighted by Crippen LogP contribution is -2.26. The molecule has 118 valence electrons. The van der Waals surface area contributed by atoms with Gasteiger partial charge < -0.3 is 14.4 Å². The molecule has 0 amide bonds. The first-order valence-corrected chi connectivity index (χ1v) is 7.00. The third kappa shape index (κ3) is 4.03. The van der Waals surface area contributed by atoms with Gasteiger partial charge in [0.25, 0.3) is 0 Å². The second kappa shape index (κ2) is 6.56. The predicted octanol–water partition coefficient (Wildman–Crippen LogP) is 3.58. The Morgan fingerprint density at radius 1 is 1.29 bits per heavy atom. The predicted molar refractivity (Wildman–Crippen MR) is 73.8 cm³/mol. The fraction of sp³-hybridized carbons (Fsp3) is 0.600. The second-order valence-corrected chi connectivity index (χ2v) is 5.28. The maximum absolute atomic E-state index is 12.7. The molecule has 21 heavy (non-hydrogen) atoms. The van der Waals surface area contributed by atoms with Crippen LogP contribution < -0.4 is 9.47 Å². The van der Waals surface area contributed by atoms with E-state index in [1.807, 2.05) is 0 Å². The number of rotatable bonds is 5. The van der Waals surface area contributed by atoms with Crippen LogP contribution in [0.4, 0.5) is 13.2 Å². The number of alkyl halides is 3. The number of benzene rings is 1. The molecule has 2 rings (SSSR count). The summed E-state index contributed by atoms with van der Waals surface area (Å²) < 4.78 is 48.7. The molecule has 1 atom stereocenters. The van der Waals surface area contributed by atoms with Gasteiger partial charge in [0, 0.05) is 6.04 Å². The maximum Gasteiger partial charge on any atom is 0.416 e. The molecule has 1 saturated heterocycles. The molecule has 1 heterocycles. The standard InChI is InChI=1S/C15H20F3NO2/c1-19-8-3-4-12(19)7-9-21-14-10-11(15(16,17)18)5-6-13(14)20-2/h5-6,10,12H,3-4,7-9H2,1-2H3. The van der Waals surface area contributed by atoms with E-state index in [1.165, 1.54) is 13.2 Å². The van der Waals surface area contributed by atoms with E-state index in [0.717, 1.165) is 37.9 Å². The van der Waals surface area contributed by atoms with Crippen LogP contribution >= 0.6 is 0 Å². The van der Waals surface area contributed by atoms with Gasteiger partial charge in [-0.15, -0.1) is 0 Å². The van der Waals surface area contributed by atoms with Crippen molar-refractivity contribution in [1.29, 1.82) is 0 Å². The van der Waals surface area contributed by atoms with Gasteiger partial charge in [-0.2, -0.15) is 13.2 Å². The van der Waals surface area contributed by atoms with Crippen molar-refractivity contribution in [2.75, 3.05) is 27.3 Å². The summed E-state index contributed by atoms with van der Waals surface area (Å²) >= 11 is 0. The summed E-state index contributed by atoms with van der Waals surface area (Å²) in [5, 5.41) is 0. The molecule has 0 spiro atoms. The lowest BCUT2D eigenvalue weighted by molar-refractivity contribution is -0.137. The summed E-state index contributed by atoms with van der Waals surface area (Å²) in [5.41, 5.74) is -0.726. The van der Waals surface area contributed by atoms with Gasteiger partial charge in [-0.3, -0.25) is 0 Å². The molecule has 1 unspecified atom stereocenters. The van der Waals surface area contributed by atoms with Gasteiger partial charge in [0.15, 0.2) is 11.5 Å². The second-order valence-electron chi connectivity index (χ2n) is 5.28. The van der Waals surface area contributed by atoms with Crippen molar-refractivity contribution in [2.45, 2.75) is 31.5 Å². The van der Waals surface area contributed by atoms with Crippen LogP contribution in [0.5, 0.6) is 11.5 Å². The number of halogens is 3. The van der Waals surface area contributed by atoms with E-state index in [1.54, 1.807) is 0 Å². The number of methoxy groups -OCH3 is 1. The molecule has 1 aromatic carbocycles. The lowest BCUT2D eigenvalue weighted by atomic mass is 10.1. The summed E-state index contributed by atoms with van der Waals surface area (Å²) in [6.07, 6.45) is -1.31. The Morgan fingerprint density at radius 3 is 2.62 bits per heavy atom. The molecule has 0 aliphatic carbocycles. The number of hydrogen-bond acceptors (Lipinski definition) is 3. The molecule has 6 heteroatoms.